The summed E-state index contributed by atoms with van der Waals surface area (Å²) in [6.45, 7) is 6.85. The highest BCUT2D eigenvalue weighted by Crippen LogP contribution is 2.41. The number of esters is 2. The molecule has 3 atom stereocenters. The number of carbonyl (C=O) groups is 2. The Labute approximate surface area is 469 Å². The monoisotopic (exact) mass is 1150 g/mol. The lowest BCUT2D eigenvalue weighted by Crippen LogP contribution is -2.47. The molecule has 0 radical (unpaired) electrons. The van der Waals surface area contributed by atoms with Crippen molar-refractivity contribution >= 4 is 53.6 Å². The smallest absolute Gasteiger partial charge is 0.323 e. The van der Waals surface area contributed by atoms with Crippen LogP contribution in [0.3, 0.4) is 0 Å². The van der Waals surface area contributed by atoms with Gasteiger partial charge in [-0.05, 0) is 108 Å². The molecule has 0 fully saturated rings. The molecule has 0 saturated carbocycles. The second-order valence-electron chi connectivity index (χ2n) is 19.0. The van der Waals surface area contributed by atoms with Crippen LogP contribution in [0.2, 0.25) is 0 Å². The molecule has 0 aliphatic heterocycles. The maximum atomic E-state index is 14.7. The van der Waals surface area contributed by atoms with E-state index in [1.165, 1.54) is 26.2 Å². The second-order valence-corrected chi connectivity index (χ2v) is 23.5. The van der Waals surface area contributed by atoms with Crippen LogP contribution < -0.4 is 29.0 Å². The Bertz CT molecular complexity index is 3530. The van der Waals surface area contributed by atoms with E-state index in [1.807, 2.05) is 75.4 Å². The number of sulfonamides is 1. The lowest BCUT2D eigenvalue weighted by molar-refractivity contribution is -0.149. The topological polar surface area (TPSA) is 235 Å². The third-order valence-corrected chi connectivity index (χ3v) is 17.2. The van der Waals surface area contributed by atoms with Gasteiger partial charge in [0, 0.05) is 13.5 Å². The van der Waals surface area contributed by atoms with Crippen molar-refractivity contribution in [2.45, 2.75) is 73.7 Å². The zero-order valence-corrected chi connectivity index (χ0v) is 47.5. The van der Waals surface area contributed by atoms with E-state index in [-0.39, 0.29) is 40.8 Å². The molecule has 0 aliphatic carbocycles. The molecule has 19 nitrogen and oxygen atoms in total. The molecular weight excluding hydrogens is 1080 g/mol. The minimum Gasteiger partial charge on any atom is -0.497 e. The first-order chi connectivity index (χ1) is 38.4. The van der Waals surface area contributed by atoms with Crippen molar-refractivity contribution in [2.24, 2.45) is 5.92 Å². The fourth-order valence-corrected chi connectivity index (χ4v) is 12.4. The number of thiazole rings is 1. The van der Waals surface area contributed by atoms with Crippen molar-refractivity contribution in [1.82, 2.24) is 30.0 Å². The molecule has 0 saturated heterocycles. The Kier molecular flexibility index (Phi) is 19.0. The maximum Gasteiger partial charge on any atom is 0.323 e. The Hall–Kier alpha value is -7.73. The summed E-state index contributed by atoms with van der Waals surface area (Å²) in [6, 6.07) is 41.2. The predicted octanol–water partition coefficient (Wildman–Crippen LogP) is 8.35. The van der Waals surface area contributed by atoms with Crippen LogP contribution in [0.15, 0.2) is 161 Å². The van der Waals surface area contributed by atoms with E-state index in [0.717, 1.165) is 22.5 Å². The van der Waals surface area contributed by atoms with Crippen LogP contribution in [0.1, 0.15) is 60.3 Å². The first kappa shape index (κ1) is 58.4. The van der Waals surface area contributed by atoms with Gasteiger partial charge in [0.15, 0.2) is 6.10 Å². The number of aryl methyl sites for hydroxylation is 1. The van der Waals surface area contributed by atoms with Gasteiger partial charge in [-0.2, -0.15) is 13.1 Å². The van der Waals surface area contributed by atoms with Gasteiger partial charge in [0.05, 0.1) is 48.7 Å². The summed E-state index contributed by atoms with van der Waals surface area (Å²) in [5, 5.41) is 12.2. The van der Waals surface area contributed by atoms with Crippen LogP contribution in [0.5, 0.6) is 23.0 Å². The summed E-state index contributed by atoms with van der Waals surface area (Å²) < 4.78 is 98.8. The van der Waals surface area contributed by atoms with Crippen LogP contribution in [-0.2, 0) is 62.0 Å². The Morgan fingerprint density at radius 2 is 1.34 bits per heavy atom. The molecule has 2 N–H and O–H groups in total. The molecule has 2 unspecified atom stereocenters. The van der Waals surface area contributed by atoms with Crippen molar-refractivity contribution in [1.29, 1.82) is 0 Å². The van der Waals surface area contributed by atoms with Gasteiger partial charge in [0.25, 0.3) is 20.1 Å². The van der Waals surface area contributed by atoms with E-state index in [9.17, 15) is 26.4 Å². The Morgan fingerprint density at radius 1 is 0.725 bits per heavy atom. The number of hydrogen-bond donors (Lipinski definition) is 2. The molecule has 2 heterocycles. The average Bonchev–Trinajstić information content (AvgIpc) is 4.13. The maximum absolute atomic E-state index is 14.7. The summed E-state index contributed by atoms with van der Waals surface area (Å²) in [5.41, 5.74) is 3.25. The number of methoxy groups -OCH3 is 3. The largest absolute Gasteiger partial charge is 0.497 e. The van der Waals surface area contributed by atoms with E-state index in [0.29, 0.717) is 62.1 Å². The van der Waals surface area contributed by atoms with Gasteiger partial charge < -0.3 is 33.7 Å². The van der Waals surface area contributed by atoms with Crippen molar-refractivity contribution in [3.8, 4) is 23.0 Å². The zero-order chi connectivity index (χ0) is 57.0. The summed E-state index contributed by atoms with van der Waals surface area (Å²) >= 11 is 1.02. The number of ether oxygens (including phenoxy) is 6. The number of nitrogens with zero attached hydrogens (tertiary/aromatic N) is 4. The molecule has 0 aliphatic rings. The van der Waals surface area contributed by atoms with Crippen molar-refractivity contribution in [3.63, 3.8) is 0 Å². The lowest BCUT2D eigenvalue weighted by atomic mass is 9.78. The minimum absolute atomic E-state index is 0.0243. The molecule has 22 heteroatoms. The number of rotatable bonds is 27. The van der Waals surface area contributed by atoms with E-state index in [1.54, 1.807) is 104 Å². The van der Waals surface area contributed by atoms with Gasteiger partial charge in [-0.15, -0.1) is 16.4 Å². The number of fused-ring (bicyclic) bond motifs is 1. The quantitative estimate of drug-likeness (QED) is 0.0280. The van der Waals surface area contributed by atoms with Crippen LogP contribution in [-0.4, -0.2) is 102 Å². The molecule has 6 aromatic carbocycles. The van der Waals surface area contributed by atoms with E-state index in [2.05, 4.69) is 25.3 Å². The predicted molar refractivity (Wildman–Crippen MR) is 300 cm³/mol. The summed E-state index contributed by atoms with van der Waals surface area (Å²) in [7, 11) is -3.97. The highest BCUT2D eigenvalue weighted by atomic mass is 32.2. The van der Waals surface area contributed by atoms with Gasteiger partial charge in [-0.1, -0.05) is 103 Å². The summed E-state index contributed by atoms with van der Waals surface area (Å²) in [6.07, 6.45) is 1.03. The standard InChI is InChI=1S/C58H62N6O13S3/c1-38(2)54(33-59-53(56(66)73-7)31-41-15-21-48(22-16-41)75-36-50(77-40(4)65)37-76-80(69,70)51-28-13-39(3)14-29-51)64-34-45(61-63-64)35-74-49-27-30-52-55(32-49)78-57(60-52)79(67,68)62-58(42-11-9-8-10-12-42,43-17-23-46(71-5)24-18-43)44-19-25-47(72-6)26-20-44/h8-30,32,34,38,50,53-54,59,62H,31,33,35-37H2,1-7H3/t50?,53?,54-/m0/s1. The highest BCUT2D eigenvalue weighted by molar-refractivity contribution is 7.91. The molecule has 0 amide bonds. The number of hydrogen-bond acceptors (Lipinski definition) is 18. The van der Waals surface area contributed by atoms with Crippen molar-refractivity contribution < 1.29 is 59.0 Å². The Morgan fingerprint density at radius 3 is 1.94 bits per heavy atom. The van der Waals surface area contributed by atoms with Gasteiger partial charge in [0.2, 0.25) is 4.34 Å². The molecule has 0 spiro atoms. The minimum atomic E-state index is -4.32. The molecule has 0 bridgehead atoms. The van der Waals surface area contributed by atoms with Gasteiger partial charge in [0.1, 0.15) is 60.1 Å². The molecular formula is C58H62N6O13S3. The van der Waals surface area contributed by atoms with Gasteiger partial charge in [-0.3, -0.25) is 13.8 Å². The first-order valence-corrected chi connectivity index (χ1v) is 29.1. The number of nitrogens with one attached hydrogen (secondary N) is 2. The van der Waals surface area contributed by atoms with E-state index >= 15 is 0 Å². The average molecular weight is 1150 g/mol. The van der Waals surface area contributed by atoms with Crippen LogP contribution in [0.25, 0.3) is 10.2 Å². The molecule has 420 valence electrons. The van der Waals surface area contributed by atoms with Gasteiger partial charge in [-0.25, -0.2) is 18.1 Å². The van der Waals surface area contributed by atoms with Crippen molar-refractivity contribution in [2.75, 3.05) is 41.1 Å². The zero-order valence-electron chi connectivity index (χ0n) is 45.1. The van der Waals surface area contributed by atoms with Crippen molar-refractivity contribution in [3.05, 3.63) is 185 Å². The van der Waals surface area contributed by atoms with E-state index < -0.39 is 56.4 Å². The highest BCUT2D eigenvalue weighted by Gasteiger charge is 2.42. The Balaban J connectivity index is 0.901. The van der Waals surface area contributed by atoms with Crippen LogP contribution in [0, 0.1) is 12.8 Å². The molecule has 8 aromatic rings. The molecule has 80 heavy (non-hydrogen) atoms. The number of carbonyl (C=O) groups excluding carboxylic acids is 2. The third-order valence-electron chi connectivity index (χ3n) is 13.1. The first-order valence-electron chi connectivity index (χ1n) is 25.4. The molecule has 8 rings (SSSR count). The van der Waals surface area contributed by atoms with Gasteiger partial charge >= 0.3 is 11.9 Å². The second kappa shape index (κ2) is 26.0. The fourth-order valence-electron chi connectivity index (χ4n) is 8.79. The SMILES string of the molecule is COC(=O)C(Cc1ccc(OCC(COS(=O)(=O)c2ccc(C)cc2)OC(C)=O)cc1)NC[C@@H](C(C)C)n1cc(COc2ccc3nc(S(=O)(=O)NC(c4ccccc4)(c4ccc(OC)cc4)c4ccc(OC)cc4)sc3c2)nn1. The lowest BCUT2D eigenvalue weighted by Gasteiger charge is -2.36. The third kappa shape index (κ3) is 14.4. The number of benzene rings is 6. The normalized spacial score (nSPS) is 13.1. The summed E-state index contributed by atoms with van der Waals surface area (Å²) in [4.78, 5) is 29.5. The fraction of sp³-hybridized carbons (Fsp3) is 0.293. The molecule has 2 aromatic heterocycles. The number of aromatic nitrogens is 4. The van der Waals surface area contributed by atoms with Crippen LogP contribution >= 0.6 is 11.3 Å². The van der Waals surface area contributed by atoms with E-state index in [4.69, 9.17) is 32.6 Å². The summed E-state index contributed by atoms with van der Waals surface area (Å²) in [5.74, 6) is 1.06. The van der Waals surface area contributed by atoms with Crippen LogP contribution in [0.4, 0.5) is 0 Å².